The Hall–Kier alpha value is -3.26. The van der Waals surface area contributed by atoms with E-state index in [9.17, 15) is 41.2 Å². The third-order valence-corrected chi connectivity index (χ3v) is 4.10. The van der Waals surface area contributed by atoms with Gasteiger partial charge in [-0.2, -0.15) is 26.3 Å². The van der Waals surface area contributed by atoms with Crippen LogP contribution in [0.1, 0.15) is 5.56 Å². The Labute approximate surface area is 170 Å². The van der Waals surface area contributed by atoms with Crippen molar-refractivity contribution in [3.8, 4) is 11.3 Å². The fourth-order valence-corrected chi connectivity index (χ4v) is 2.74. The topological polar surface area (TPSA) is 98.9 Å². The van der Waals surface area contributed by atoms with Crippen LogP contribution in [0, 0.1) is 0 Å². The molecule has 0 saturated heterocycles. The van der Waals surface area contributed by atoms with Crippen LogP contribution < -0.4 is 16.1 Å². The Morgan fingerprint density at radius 1 is 1.10 bits per heavy atom. The molecule has 164 valence electrons. The van der Waals surface area contributed by atoms with Gasteiger partial charge in [-0.3, -0.25) is 4.40 Å². The van der Waals surface area contributed by atoms with E-state index in [1.807, 2.05) is 5.32 Å². The number of halogens is 6. The molecule has 14 heteroatoms. The summed E-state index contributed by atoms with van der Waals surface area (Å²) in [5.41, 5.74) is -1.09. The number of urea groups is 1. The van der Waals surface area contributed by atoms with Crippen LogP contribution in [-0.2, 0) is 6.18 Å². The van der Waals surface area contributed by atoms with Crippen molar-refractivity contribution >= 4 is 29.9 Å². The van der Waals surface area contributed by atoms with E-state index >= 15 is 0 Å². The van der Waals surface area contributed by atoms with Crippen LogP contribution in [0.3, 0.4) is 0 Å². The van der Waals surface area contributed by atoms with Gasteiger partial charge in [0.25, 0.3) is 0 Å². The van der Waals surface area contributed by atoms with Crippen molar-refractivity contribution in [2.45, 2.75) is 12.4 Å². The standard InChI is InChI=1S/C17H13BF6N4O3/c19-16(20,21)8-26-15(29)27-12-4-9(3-10(5-12)17(22,23)24)13-7-25-14-6-11(18(30)31)1-2-28(13)14/h1-7,30-31H,8H2,(H2,26,27,29). The van der Waals surface area contributed by atoms with Crippen LogP contribution in [0.25, 0.3) is 16.9 Å². The van der Waals surface area contributed by atoms with Gasteiger partial charge in [-0.05, 0) is 35.8 Å². The Morgan fingerprint density at radius 2 is 1.81 bits per heavy atom. The molecule has 3 aromatic rings. The normalized spacial score (nSPS) is 12.1. The molecule has 0 bridgehead atoms. The molecule has 4 N–H and O–H groups in total. The fourth-order valence-electron chi connectivity index (χ4n) is 2.74. The number of benzene rings is 1. The largest absolute Gasteiger partial charge is 0.488 e. The minimum Gasteiger partial charge on any atom is -0.423 e. The van der Waals surface area contributed by atoms with Crippen molar-refractivity contribution in [2.75, 3.05) is 11.9 Å². The van der Waals surface area contributed by atoms with Gasteiger partial charge in [-0.15, -0.1) is 0 Å². The summed E-state index contributed by atoms with van der Waals surface area (Å²) in [4.78, 5) is 15.7. The second-order valence-corrected chi connectivity index (χ2v) is 6.43. The average Bonchev–Trinajstić information content (AvgIpc) is 3.08. The first-order chi connectivity index (χ1) is 14.3. The number of carbonyl (C=O) groups excluding carboxylic acids is 1. The smallest absolute Gasteiger partial charge is 0.423 e. The molecule has 1 aromatic carbocycles. The summed E-state index contributed by atoms with van der Waals surface area (Å²) in [6.07, 6.45) is -6.90. The SMILES string of the molecule is O=C(NCC(F)(F)F)Nc1cc(-c2cnc3cc(B(O)O)ccn23)cc(C(F)(F)F)c1. The molecule has 0 aliphatic heterocycles. The summed E-state index contributed by atoms with van der Waals surface area (Å²) < 4.78 is 78.0. The second kappa shape index (κ2) is 8.11. The third kappa shape index (κ3) is 5.46. The van der Waals surface area contributed by atoms with Crippen LogP contribution >= 0.6 is 0 Å². The van der Waals surface area contributed by atoms with Gasteiger partial charge in [-0.1, -0.05) is 0 Å². The molecule has 0 aliphatic rings. The Balaban J connectivity index is 1.99. The zero-order chi connectivity index (χ0) is 23.0. The van der Waals surface area contributed by atoms with Gasteiger partial charge in [0, 0.05) is 17.4 Å². The maximum atomic E-state index is 13.3. The number of carbonyl (C=O) groups is 1. The van der Waals surface area contributed by atoms with Gasteiger partial charge < -0.3 is 20.7 Å². The van der Waals surface area contributed by atoms with Gasteiger partial charge in [-0.25, -0.2) is 9.78 Å². The Bertz CT molecular complexity index is 1110. The molecule has 0 saturated carbocycles. The number of anilines is 1. The molecular formula is C17H13BF6N4O3. The zero-order valence-electron chi connectivity index (χ0n) is 15.3. The number of imidazole rings is 1. The first-order valence-corrected chi connectivity index (χ1v) is 8.51. The number of rotatable bonds is 4. The lowest BCUT2D eigenvalue weighted by molar-refractivity contribution is -0.137. The van der Waals surface area contributed by atoms with Crippen LogP contribution in [0.5, 0.6) is 0 Å². The fraction of sp³-hybridized carbons (Fsp3) is 0.176. The number of alkyl halides is 6. The lowest BCUT2D eigenvalue weighted by atomic mass is 9.81. The van der Waals surface area contributed by atoms with Gasteiger partial charge in [0.1, 0.15) is 12.2 Å². The lowest BCUT2D eigenvalue weighted by Gasteiger charge is -2.14. The molecule has 0 spiro atoms. The highest BCUT2D eigenvalue weighted by Crippen LogP contribution is 2.35. The van der Waals surface area contributed by atoms with E-state index < -0.39 is 37.6 Å². The molecule has 31 heavy (non-hydrogen) atoms. The predicted molar refractivity (Wildman–Crippen MR) is 98.5 cm³/mol. The minimum atomic E-state index is -4.80. The predicted octanol–water partition coefficient (Wildman–Crippen LogP) is 2.38. The summed E-state index contributed by atoms with van der Waals surface area (Å²) in [5, 5.41) is 21.9. The summed E-state index contributed by atoms with van der Waals surface area (Å²) in [5.74, 6) is 0. The zero-order valence-corrected chi connectivity index (χ0v) is 15.3. The van der Waals surface area contributed by atoms with Gasteiger partial charge in [0.05, 0.1) is 17.5 Å². The van der Waals surface area contributed by atoms with Crippen LogP contribution in [0.2, 0.25) is 0 Å². The van der Waals surface area contributed by atoms with E-state index in [-0.39, 0.29) is 28.1 Å². The van der Waals surface area contributed by atoms with Gasteiger partial charge in [0.2, 0.25) is 0 Å². The number of hydrogen-bond acceptors (Lipinski definition) is 4. The van der Waals surface area contributed by atoms with Crippen molar-refractivity contribution in [1.29, 1.82) is 0 Å². The number of fused-ring (bicyclic) bond motifs is 1. The van der Waals surface area contributed by atoms with Crippen molar-refractivity contribution in [1.82, 2.24) is 14.7 Å². The van der Waals surface area contributed by atoms with Crippen molar-refractivity contribution in [3.63, 3.8) is 0 Å². The minimum absolute atomic E-state index is 0.0363. The molecule has 0 atom stereocenters. The van der Waals surface area contributed by atoms with Crippen molar-refractivity contribution < 1.29 is 41.2 Å². The van der Waals surface area contributed by atoms with Crippen LogP contribution in [0.4, 0.5) is 36.8 Å². The molecule has 2 amide bonds. The molecule has 0 aliphatic carbocycles. The maximum absolute atomic E-state index is 13.3. The highest BCUT2D eigenvalue weighted by Gasteiger charge is 2.32. The van der Waals surface area contributed by atoms with E-state index in [0.29, 0.717) is 6.07 Å². The highest BCUT2D eigenvalue weighted by molar-refractivity contribution is 6.58. The Morgan fingerprint density at radius 3 is 2.42 bits per heavy atom. The molecule has 2 heterocycles. The van der Waals surface area contributed by atoms with E-state index in [4.69, 9.17) is 0 Å². The first kappa shape index (κ1) is 22.4. The summed E-state index contributed by atoms with van der Waals surface area (Å²) in [6.45, 7) is -1.66. The van der Waals surface area contributed by atoms with Crippen molar-refractivity contribution in [2.24, 2.45) is 0 Å². The summed E-state index contributed by atoms with van der Waals surface area (Å²) >= 11 is 0. The van der Waals surface area contributed by atoms with Crippen LogP contribution in [-0.4, -0.2) is 45.3 Å². The summed E-state index contributed by atoms with van der Waals surface area (Å²) in [7, 11) is -1.77. The number of aromatic nitrogens is 2. The third-order valence-electron chi connectivity index (χ3n) is 4.10. The summed E-state index contributed by atoms with van der Waals surface area (Å²) in [6, 6.07) is 3.81. The number of amides is 2. The van der Waals surface area contributed by atoms with E-state index in [1.54, 1.807) is 0 Å². The van der Waals surface area contributed by atoms with Crippen LogP contribution in [0.15, 0.2) is 42.7 Å². The molecule has 0 unspecified atom stereocenters. The molecule has 3 rings (SSSR count). The van der Waals surface area contributed by atoms with Gasteiger partial charge in [0.15, 0.2) is 0 Å². The first-order valence-electron chi connectivity index (χ1n) is 8.51. The van der Waals surface area contributed by atoms with E-state index in [2.05, 4.69) is 4.98 Å². The van der Waals surface area contributed by atoms with E-state index in [0.717, 1.165) is 12.1 Å². The second-order valence-electron chi connectivity index (χ2n) is 6.43. The number of hydrogen-bond donors (Lipinski definition) is 4. The molecule has 0 fully saturated rings. The maximum Gasteiger partial charge on any atom is 0.488 e. The number of nitrogens with zero attached hydrogens (tertiary/aromatic N) is 2. The number of pyridine rings is 1. The number of nitrogens with one attached hydrogen (secondary N) is 2. The highest BCUT2D eigenvalue weighted by atomic mass is 19.4. The lowest BCUT2D eigenvalue weighted by Crippen LogP contribution is -2.36. The van der Waals surface area contributed by atoms with Gasteiger partial charge >= 0.3 is 25.5 Å². The van der Waals surface area contributed by atoms with Crippen molar-refractivity contribution in [3.05, 3.63) is 48.3 Å². The average molecular weight is 446 g/mol. The molecule has 0 radical (unpaired) electrons. The molecule has 2 aromatic heterocycles. The Kier molecular flexibility index (Phi) is 5.87. The molecule has 7 nitrogen and oxygen atoms in total. The monoisotopic (exact) mass is 446 g/mol. The van der Waals surface area contributed by atoms with E-state index in [1.165, 1.54) is 34.2 Å². The molecular weight excluding hydrogens is 433 g/mol. The quantitative estimate of drug-likeness (QED) is 0.366.